The summed E-state index contributed by atoms with van der Waals surface area (Å²) in [5.74, 6) is 0.491. The highest BCUT2D eigenvalue weighted by Crippen LogP contribution is 2.45. The van der Waals surface area contributed by atoms with E-state index >= 15 is 0 Å². The smallest absolute Gasteiger partial charge is 0.106 e. The van der Waals surface area contributed by atoms with Crippen molar-refractivity contribution in [3.05, 3.63) is 0 Å². The van der Waals surface area contributed by atoms with E-state index in [0.29, 0.717) is 5.92 Å². The van der Waals surface area contributed by atoms with E-state index < -0.39 is 6.17 Å². The maximum absolute atomic E-state index is 13.2. The number of halogens is 1. The molecule has 1 fully saturated rings. The van der Waals surface area contributed by atoms with Gasteiger partial charge in [0, 0.05) is 5.41 Å². The van der Waals surface area contributed by atoms with Gasteiger partial charge < -0.3 is 0 Å². The standard InChI is InChI=1S/C9H17F.C2H6/c1-7(2)9(3)6-4-5-8(9)10;1-2/h7-8H,4-6H2,1-3H3;1-2H3. The fourth-order valence-electron chi connectivity index (χ4n) is 1.80. The molecule has 0 nitrogen and oxygen atoms in total. The number of rotatable bonds is 1. The Morgan fingerprint density at radius 1 is 1.33 bits per heavy atom. The van der Waals surface area contributed by atoms with Gasteiger partial charge in [-0.1, -0.05) is 34.6 Å². The van der Waals surface area contributed by atoms with Crippen molar-refractivity contribution in [3.8, 4) is 0 Å². The molecule has 0 aromatic carbocycles. The Morgan fingerprint density at radius 2 is 1.83 bits per heavy atom. The van der Waals surface area contributed by atoms with Gasteiger partial charge >= 0.3 is 0 Å². The van der Waals surface area contributed by atoms with E-state index in [0.717, 1.165) is 19.3 Å². The van der Waals surface area contributed by atoms with Gasteiger partial charge in [-0.3, -0.25) is 0 Å². The molecule has 74 valence electrons. The molecule has 12 heavy (non-hydrogen) atoms. The Morgan fingerprint density at radius 3 is 2.00 bits per heavy atom. The topological polar surface area (TPSA) is 0 Å². The average molecular weight is 174 g/mol. The first kappa shape index (κ1) is 11.9. The van der Waals surface area contributed by atoms with Crippen LogP contribution in [-0.4, -0.2) is 6.17 Å². The van der Waals surface area contributed by atoms with Crippen LogP contribution in [0.25, 0.3) is 0 Å². The van der Waals surface area contributed by atoms with Crippen LogP contribution in [0, 0.1) is 11.3 Å². The second kappa shape index (κ2) is 4.84. The van der Waals surface area contributed by atoms with E-state index in [4.69, 9.17) is 0 Å². The predicted octanol–water partition coefficient (Wildman–Crippen LogP) is 4.20. The minimum atomic E-state index is -0.549. The van der Waals surface area contributed by atoms with Crippen molar-refractivity contribution in [2.45, 2.75) is 60.1 Å². The molecule has 2 atom stereocenters. The van der Waals surface area contributed by atoms with Crippen LogP contribution in [-0.2, 0) is 0 Å². The molecule has 2 unspecified atom stereocenters. The summed E-state index contributed by atoms with van der Waals surface area (Å²) in [7, 11) is 0. The zero-order valence-corrected chi connectivity index (χ0v) is 9.15. The maximum Gasteiger partial charge on any atom is 0.106 e. The summed E-state index contributed by atoms with van der Waals surface area (Å²) >= 11 is 0. The Labute approximate surface area is 76.6 Å². The molecule has 1 aliphatic carbocycles. The van der Waals surface area contributed by atoms with Crippen molar-refractivity contribution < 1.29 is 4.39 Å². The summed E-state index contributed by atoms with van der Waals surface area (Å²) in [6, 6.07) is 0. The molecular formula is C11H23F. The Bertz CT molecular complexity index is 120. The monoisotopic (exact) mass is 174 g/mol. The van der Waals surface area contributed by atoms with Crippen LogP contribution in [0.4, 0.5) is 4.39 Å². The SMILES string of the molecule is CC.CC(C)C1(C)CCCC1F. The molecule has 0 aliphatic heterocycles. The summed E-state index contributed by atoms with van der Waals surface area (Å²) < 4.78 is 13.2. The first-order valence-electron chi connectivity index (χ1n) is 5.21. The molecule has 1 heteroatoms. The lowest BCUT2D eigenvalue weighted by atomic mass is 9.77. The van der Waals surface area contributed by atoms with Crippen LogP contribution in [0.2, 0.25) is 0 Å². The van der Waals surface area contributed by atoms with Crippen molar-refractivity contribution in [1.82, 2.24) is 0 Å². The third-order valence-corrected chi connectivity index (χ3v) is 3.21. The highest BCUT2D eigenvalue weighted by molar-refractivity contribution is 4.90. The van der Waals surface area contributed by atoms with E-state index in [1.807, 2.05) is 13.8 Å². The first-order valence-corrected chi connectivity index (χ1v) is 5.21. The third-order valence-electron chi connectivity index (χ3n) is 3.21. The average Bonchev–Trinajstić information content (AvgIpc) is 2.38. The van der Waals surface area contributed by atoms with Crippen molar-refractivity contribution in [3.63, 3.8) is 0 Å². The predicted molar refractivity (Wildman–Crippen MR) is 53.0 cm³/mol. The van der Waals surface area contributed by atoms with Gasteiger partial charge in [-0.25, -0.2) is 4.39 Å². The molecule has 1 aliphatic rings. The molecule has 1 rings (SSSR count). The Hall–Kier alpha value is -0.0700. The van der Waals surface area contributed by atoms with Crippen molar-refractivity contribution in [2.24, 2.45) is 11.3 Å². The molecule has 0 aromatic rings. The van der Waals surface area contributed by atoms with Gasteiger partial charge in [0.15, 0.2) is 0 Å². The maximum atomic E-state index is 13.2. The van der Waals surface area contributed by atoms with E-state index in [1.54, 1.807) is 0 Å². The van der Waals surface area contributed by atoms with Gasteiger partial charge in [0.25, 0.3) is 0 Å². The lowest BCUT2D eigenvalue weighted by molar-refractivity contribution is 0.105. The van der Waals surface area contributed by atoms with Crippen LogP contribution in [0.1, 0.15) is 53.9 Å². The summed E-state index contributed by atoms with van der Waals surface area (Å²) in [4.78, 5) is 0. The summed E-state index contributed by atoms with van der Waals surface area (Å²) in [6.07, 6.45) is 2.39. The molecule has 0 bridgehead atoms. The van der Waals surface area contributed by atoms with Crippen LogP contribution in [0.3, 0.4) is 0 Å². The van der Waals surface area contributed by atoms with Crippen molar-refractivity contribution in [1.29, 1.82) is 0 Å². The fraction of sp³-hybridized carbons (Fsp3) is 1.00. The molecule has 0 spiro atoms. The summed E-state index contributed by atoms with van der Waals surface area (Å²) in [6.45, 7) is 10.3. The molecule has 0 heterocycles. The minimum Gasteiger partial charge on any atom is -0.247 e. The summed E-state index contributed by atoms with van der Waals surface area (Å²) in [5, 5.41) is 0. The summed E-state index contributed by atoms with van der Waals surface area (Å²) in [5.41, 5.74) is -0.0139. The zero-order chi connectivity index (χ0) is 9.78. The van der Waals surface area contributed by atoms with Gasteiger partial charge in [-0.2, -0.15) is 0 Å². The van der Waals surface area contributed by atoms with Crippen LogP contribution < -0.4 is 0 Å². The normalized spacial score (nSPS) is 34.8. The highest BCUT2D eigenvalue weighted by atomic mass is 19.1. The minimum absolute atomic E-state index is 0.0139. The molecule has 1 saturated carbocycles. The largest absolute Gasteiger partial charge is 0.247 e. The number of alkyl halides is 1. The van der Waals surface area contributed by atoms with Crippen LogP contribution >= 0.6 is 0 Å². The van der Waals surface area contributed by atoms with Gasteiger partial charge in [0.2, 0.25) is 0 Å². The van der Waals surface area contributed by atoms with E-state index in [1.165, 1.54) is 0 Å². The lowest BCUT2D eigenvalue weighted by Gasteiger charge is -2.30. The van der Waals surface area contributed by atoms with Crippen LogP contribution in [0.5, 0.6) is 0 Å². The molecule has 0 radical (unpaired) electrons. The molecular weight excluding hydrogens is 151 g/mol. The number of hydrogen-bond acceptors (Lipinski definition) is 0. The lowest BCUT2D eigenvalue weighted by Crippen LogP contribution is -2.28. The highest BCUT2D eigenvalue weighted by Gasteiger charge is 2.41. The second-order valence-electron chi connectivity index (χ2n) is 4.02. The van der Waals surface area contributed by atoms with E-state index in [2.05, 4.69) is 20.8 Å². The molecule has 0 amide bonds. The van der Waals surface area contributed by atoms with E-state index in [-0.39, 0.29) is 5.41 Å². The fourth-order valence-corrected chi connectivity index (χ4v) is 1.80. The van der Waals surface area contributed by atoms with Crippen molar-refractivity contribution >= 4 is 0 Å². The second-order valence-corrected chi connectivity index (χ2v) is 4.02. The van der Waals surface area contributed by atoms with E-state index in [9.17, 15) is 4.39 Å². The number of hydrogen-bond donors (Lipinski definition) is 0. The van der Waals surface area contributed by atoms with Gasteiger partial charge in [-0.05, 0) is 25.2 Å². The van der Waals surface area contributed by atoms with Gasteiger partial charge in [0.1, 0.15) is 6.17 Å². The zero-order valence-electron chi connectivity index (χ0n) is 9.15. The van der Waals surface area contributed by atoms with Gasteiger partial charge in [0.05, 0.1) is 0 Å². The molecule has 0 saturated heterocycles. The van der Waals surface area contributed by atoms with Crippen molar-refractivity contribution in [2.75, 3.05) is 0 Å². The molecule has 0 N–H and O–H groups in total. The first-order chi connectivity index (χ1) is 5.57. The van der Waals surface area contributed by atoms with Crippen LogP contribution in [0.15, 0.2) is 0 Å². The Kier molecular flexibility index (Phi) is 4.81. The third kappa shape index (κ3) is 2.21. The molecule has 0 aromatic heterocycles. The quantitative estimate of drug-likeness (QED) is 0.559. The Balaban J connectivity index is 0.000000561. The van der Waals surface area contributed by atoms with Gasteiger partial charge in [-0.15, -0.1) is 0 Å².